The van der Waals surface area contributed by atoms with E-state index in [1.54, 1.807) is 42.2 Å². The van der Waals surface area contributed by atoms with Crippen LogP contribution in [0.5, 0.6) is 0 Å². The second kappa shape index (κ2) is 5.46. The number of carbonyl (C=O) groups excluding carboxylic acids is 1. The Kier molecular flexibility index (Phi) is 3.74. The van der Waals surface area contributed by atoms with Crippen LogP contribution in [-0.4, -0.2) is 20.8 Å². The molecule has 0 radical (unpaired) electrons. The zero-order valence-corrected chi connectivity index (χ0v) is 10.1. The second-order valence-corrected chi connectivity index (χ2v) is 4.02. The summed E-state index contributed by atoms with van der Waals surface area (Å²) in [5.74, 6) is -0.174. The first-order valence-electron chi connectivity index (χ1n) is 5.71. The standard InChI is InChI=1S/C13H15N3O2/c1-10(17)11-5-2-3-6-12(11)15-13(18)9-16-8-4-7-14-16/h2-8,10,17H,9H2,1H3,(H,15,18). The molecule has 1 aromatic carbocycles. The fraction of sp³-hybridized carbons (Fsp3) is 0.231. The molecule has 0 aliphatic carbocycles. The van der Waals surface area contributed by atoms with Crippen molar-refractivity contribution in [2.24, 2.45) is 0 Å². The minimum absolute atomic E-state index is 0.154. The number of benzene rings is 1. The predicted molar refractivity (Wildman–Crippen MR) is 67.9 cm³/mol. The van der Waals surface area contributed by atoms with Crippen molar-refractivity contribution in [1.82, 2.24) is 9.78 Å². The van der Waals surface area contributed by atoms with Crippen molar-refractivity contribution in [3.05, 3.63) is 48.3 Å². The van der Waals surface area contributed by atoms with Crippen LogP contribution in [0.4, 0.5) is 5.69 Å². The SMILES string of the molecule is CC(O)c1ccccc1NC(=O)Cn1cccn1. The van der Waals surface area contributed by atoms with Crippen LogP contribution in [0.15, 0.2) is 42.7 Å². The molecule has 0 aliphatic rings. The third-order valence-corrected chi connectivity index (χ3v) is 2.55. The molecule has 0 saturated carbocycles. The van der Waals surface area contributed by atoms with Crippen molar-refractivity contribution in [2.75, 3.05) is 5.32 Å². The molecule has 1 heterocycles. The average molecular weight is 245 g/mol. The maximum absolute atomic E-state index is 11.8. The van der Waals surface area contributed by atoms with Gasteiger partial charge in [0.15, 0.2) is 0 Å². The van der Waals surface area contributed by atoms with Gasteiger partial charge >= 0.3 is 0 Å². The molecule has 0 fully saturated rings. The number of anilines is 1. The highest BCUT2D eigenvalue weighted by atomic mass is 16.3. The number of para-hydroxylation sites is 1. The fourth-order valence-electron chi connectivity index (χ4n) is 1.71. The number of amides is 1. The Hall–Kier alpha value is -2.14. The minimum atomic E-state index is -0.619. The fourth-order valence-corrected chi connectivity index (χ4v) is 1.71. The van der Waals surface area contributed by atoms with E-state index in [2.05, 4.69) is 10.4 Å². The molecule has 0 spiro atoms. The van der Waals surface area contributed by atoms with Gasteiger partial charge in [0.05, 0.1) is 6.10 Å². The number of rotatable bonds is 4. The Morgan fingerprint density at radius 2 is 2.22 bits per heavy atom. The zero-order valence-electron chi connectivity index (χ0n) is 10.1. The number of nitrogens with one attached hydrogen (secondary N) is 1. The molecule has 94 valence electrons. The highest BCUT2D eigenvalue weighted by Crippen LogP contribution is 2.21. The quantitative estimate of drug-likeness (QED) is 0.859. The molecule has 2 rings (SSSR count). The number of aliphatic hydroxyl groups excluding tert-OH is 1. The molecule has 18 heavy (non-hydrogen) atoms. The van der Waals surface area contributed by atoms with Gasteiger partial charge in [-0.2, -0.15) is 5.10 Å². The lowest BCUT2D eigenvalue weighted by Crippen LogP contribution is -2.20. The molecule has 5 nitrogen and oxygen atoms in total. The summed E-state index contributed by atoms with van der Waals surface area (Å²) in [6, 6.07) is 8.95. The van der Waals surface area contributed by atoms with Crippen LogP contribution in [0.3, 0.4) is 0 Å². The van der Waals surface area contributed by atoms with Crippen LogP contribution in [0.25, 0.3) is 0 Å². The molecule has 0 saturated heterocycles. The maximum atomic E-state index is 11.8. The van der Waals surface area contributed by atoms with Crippen molar-refractivity contribution >= 4 is 11.6 Å². The van der Waals surface area contributed by atoms with Gasteiger partial charge in [-0.15, -0.1) is 0 Å². The first kappa shape index (κ1) is 12.3. The summed E-state index contributed by atoms with van der Waals surface area (Å²) >= 11 is 0. The van der Waals surface area contributed by atoms with Gasteiger partial charge in [-0.3, -0.25) is 9.48 Å². The number of aliphatic hydroxyl groups is 1. The van der Waals surface area contributed by atoms with E-state index in [1.165, 1.54) is 0 Å². The minimum Gasteiger partial charge on any atom is -0.389 e. The van der Waals surface area contributed by atoms with Gasteiger partial charge in [0.1, 0.15) is 6.54 Å². The van der Waals surface area contributed by atoms with E-state index in [0.29, 0.717) is 11.3 Å². The van der Waals surface area contributed by atoms with Crippen LogP contribution in [0.2, 0.25) is 0 Å². The molecule has 0 bridgehead atoms. The van der Waals surface area contributed by atoms with Crippen LogP contribution in [-0.2, 0) is 11.3 Å². The third kappa shape index (κ3) is 2.95. The molecule has 5 heteroatoms. The van der Waals surface area contributed by atoms with E-state index in [4.69, 9.17) is 0 Å². The molecular formula is C13H15N3O2. The number of hydrogen-bond acceptors (Lipinski definition) is 3. The van der Waals surface area contributed by atoms with E-state index < -0.39 is 6.10 Å². The Morgan fingerprint density at radius 3 is 2.89 bits per heavy atom. The maximum Gasteiger partial charge on any atom is 0.246 e. The van der Waals surface area contributed by atoms with Crippen LogP contribution >= 0.6 is 0 Å². The first-order valence-corrected chi connectivity index (χ1v) is 5.71. The summed E-state index contributed by atoms with van der Waals surface area (Å²) < 4.78 is 1.54. The molecular weight excluding hydrogens is 230 g/mol. The van der Waals surface area contributed by atoms with E-state index >= 15 is 0 Å². The van der Waals surface area contributed by atoms with Crippen LogP contribution in [0.1, 0.15) is 18.6 Å². The molecule has 0 aliphatic heterocycles. The van der Waals surface area contributed by atoms with Gasteiger partial charge < -0.3 is 10.4 Å². The Labute approximate surface area is 105 Å². The van der Waals surface area contributed by atoms with Crippen molar-refractivity contribution in [2.45, 2.75) is 19.6 Å². The van der Waals surface area contributed by atoms with Gasteiger partial charge in [0.25, 0.3) is 0 Å². The summed E-state index contributed by atoms with van der Waals surface area (Å²) in [7, 11) is 0. The van der Waals surface area contributed by atoms with Gasteiger partial charge in [-0.1, -0.05) is 18.2 Å². The lowest BCUT2D eigenvalue weighted by Gasteiger charge is -2.12. The average Bonchev–Trinajstić information content (AvgIpc) is 2.82. The molecule has 1 amide bonds. The first-order chi connectivity index (χ1) is 8.66. The largest absolute Gasteiger partial charge is 0.389 e. The van der Waals surface area contributed by atoms with Gasteiger partial charge in [-0.25, -0.2) is 0 Å². The lowest BCUT2D eigenvalue weighted by atomic mass is 10.1. The Morgan fingerprint density at radius 1 is 1.44 bits per heavy atom. The molecule has 1 aromatic heterocycles. The molecule has 1 atom stereocenters. The summed E-state index contributed by atoms with van der Waals surface area (Å²) in [4.78, 5) is 11.8. The van der Waals surface area contributed by atoms with Crippen LogP contribution < -0.4 is 5.32 Å². The summed E-state index contributed by atoms with van der Waals surface area (Å²) in [6.07, 6.45) is 2.73. The van der Waals surface area contributed by atoms with Crippen molar-refractivity contribution < 1.29 is 9.90 Å². The summed E-state index contributed by atoms with van der Waals surface area (Å²) in [5, 5.41) is 16.3. The highest BCUT2D eigenvalue weighted by Gasteiger charge is 2.10. The number of nitrogens with zero attached hydrogens (tertiary/aromatic N) is 2. The predicted octanol–water partition coefficient (Wildman–Crippen LogP) is 1.58. The smallest absolute Gasteiger partial charge is 0.246 e. The molecule has 2 aromatic rings. The van der Waals surface area contributed by atoms with Crippen molar-refractivity contribution in [3.63, 3.8) is 0 Å². The van der Waals surface area contributed by atoms with Crippen LogP contribution in [0, 0.1) is 0 Å². The van der Waals surface area contributed by atoms with E-state index in [9.17, 15) is 9.90 Å². The summed E-state index contributed by atoms with van der Waals surface area (Å²) in [6.45, 7) is 1.82. The van der Waals surface area contributed by atoms with Gasteiger partial charge in [0, 0.05) is 23.6 Å². The van der Waals surface area contributed by atoms with E-state index in [-0.39, 0.29) is 12.5 Å². The normalized spacial score (nSPS) is 12.1. The van der Waals surface area contributed by atoms with Gasteiger partial charge in [-0.05, 0) is 19.1 Å². The number of aromatic nitrogens is 2. The third-order valence-electron chi connectivity index (χ3n) is 2.55. The van der Waals surface area contributed by atoms with E-state index in [0.717, 1.165) is 0 Å². The number of hydrogen-bond donors (Lipinski definition) is 2. The van der Waals surface area contributed by atoms with Crippen molar-refractivity contribution in [1.29, 1.82) is 0 Å². The Bertz CT molecular complexity index is 521. The topological polar surface area (TPSA) is 67.2 Å². The van der Waals surface area contributed by atoms with Gasteiger partial charge in [0.2, 0.25) is 5.91 Å². The number of carbonyl (C=O) groups is 1. The lowest BCUT2D eigenvalue weighted by molar-refractivity contribution is -0.116. The van der Waals surface area contributed by atoms with Crippen molar-refractivity contribution in [3.8, 4) is 0 Å². The Balaban J connectivity index is 2.07. The highest BCUT2D eigenvalue weighted by molar-refractivity contribution is 5.91. The second-order valence-electron chi connectivity index (χ2n) is 4.02. The zero-order chi connectivity index (χ0) is 13.0. The summed E-state index contributed by atoms with van der Waals surface area (Å²) in [5.41, 5.74) is 1.33. The van der Waals surface area contributed by atoms with E-state index in [1.807, 2.05) is 12.1 Å². The molecule has 1 unspecified atom stereocenters. The molecule has 2 N–H and O–H groups in total. The monoisotopic (exact) mass is 245 g/mol.